The van der Waals surface area contributed by atoms with E-state index in [0.717, 1.165) is 17.0 Å². The predicted octanol–water partition coefficient (Wildman–Crippen LogP) is 3.36. The Hall–Kier alpha value is -3.02. The Kier molecular flexibility index (Phi) is 3.19. The third kappa shape index (κ3) is 2.38. The molecule has 0 atom stereocenters. The maximum atomic E-state index is 11.1. The molecule has 0 saturated heterocycles. The first-order valence-corrected chi connectivity index (χ1v) is 6.37. The molecular formula is C15H12N4O2. The molecule has 0 unspecified atom stereocenters. The maximum Gasteiger partial charge on any atom is 0.280 e. The Bertz CT molecular complexity index is 796. The standard InChI is InChI=1S/C15H12N4O2/c1-10-14(11-5-4-8-16-9-11)18-15(17-10)12-6-2-3-7-13(12)19(20)21/h2-9H,1H3,(H,17,18). The highest BCUT2D eigenvalue weighted by atomic mass is 16.6. The summed E-state index contributed by atoms with van der Waals surface area (Å²) in [7, 11) is 0. The zero-order valence-corrected chi connectivity index (χ0v) is 11.3. The molecule has 3 rings (SSSR count). The minimum atomic E-state index is -0.406. The highest BCUT2D eigenvalue weighted by molar-refractivity contribution is 5.72. The van der Waals surface area contributed by atoms with Gasteiger partial charge >= 0.3 is 0 Å². The molecule has 3 aromatic rings. The highest BCUT2D eigenvalue weighted by Gasteiger charge is 2.18. The zero-order valence-electron chi connectivity index (χ0n) is 11.3. The Balaban J connectivity index is 2.12. The molecule has 2 aromatic heterocycles. The smallest absolute Gasteiger partial charge is 0.280 e. The van der Waals surface area contributed by atoms with Crippen molar-refractivity contribution in [2.75, 3.05) is 0 Å². The van der Waals surface area contributed by atoms with Gasteiger partial charge in [-0.25, -0.2) is 4.98 Å². The molecule has 0 aliphatic rings. The summed E-state index contributed by atoms with van der Waals surface area (Å²) in [6, 6.07) is 10.3. The largest absolute Gasteiger partial charge is 0.337 e. The second kappa shape index (κ2) is 5.16. The van der Waals surface area contributed by atoms with E-state index in [2.05, 4.69) is 15.0 Å². The van der Waals surface area contributed by atoms with E-state index >= 15 is 0 Å². The van der Waals surface area contributed by atoms with Crippen LogP contribution in [-0.2, 0) is 0 Å². The number of rotatable bonds is 3. The topological polar surface area (TPSA) is 84.7 Å². The summed E-state index contributed by atoms with van der Waals surface area (Å²) in [4.78, 5) is 22.3. The van der Waals surface area contributed by atoms with Crippen LogP contribution < -0.4 is 0 Å². The lowest BCUT2D eigenvalue weighted by Crippen LogP contribution is -1.92. The molecular weight excluding hydrogens is 268 g/mol. The fraction of sp³-hybridized carbons (Fsp3) is 0.0667. The van der Waals surface area contributed by atoms with Crippen LogP contribution in [0.3, 0.4) is 0 Å². The highest BCUT2D eigenvalue weighted by Crippen LogP contribution is 2.30. The van der Waals surface area contributed by atoms with E-state index in [1.165, 1.54) is 6.07 Å². The second-order valence-electron chi connectivity index (χ2n) is 4.56. The second-order valence-corrected chi connectivity index (χ2v) is 4.56. The molecule has 0 aliphatic heterocycles. The number of aryl methyl sites for hydroxylation is 1. The lowest BCUT2D eigenvalue weighted by molar-refractivity contribution is -0.384. The Labute approximate surface area is 120 Å². The fourth-order valence-corrected chi connectivity index (χ4v) is 2.21. The van der Waals surface area contributed by atoms with Crippen LogP contribution in [-0.4, -0.2) is 19.9 Å². The minimum absolute atomic E-state index is 0.0315. The Morgan fingerprint density at radius 1 is 1.19 bits per heavy atom. The quantitative estimate of drug-likeness (QED) is 0.589. The molecule has 104 valence electrons. The number of aromatic amines is 1. The summed E-state index contributed by atoms with van der Waals surface area (Å²) in [6.45, 7) is 1.86. The number of nitrogens with one attached hydrogen (secondary N) is 1. The molecule has 0 bridgehead atoms. The monoisotopic (exact) mass is 280 g/mol. The van der Waals surface area contributed by atoms with Crippen LogP contribution in [0.1, 0.15) is 5.69 Å². The van der Waals surface area contributed by atoms with Gasteiger partial charge in [-0.3, -0.25) is 15.1 Å². The molecule has 0 spiro atoms. The van der Waals surface area contributed by atoms with Crippen molar-refractivity contribution in [1.29, 1.82) is 0 Å². The lowest BCUT2D eigenvalue weighted by atomic mass is 10.1. The van der Waals surface area contributed by atoms with Crippen LogP contribution in [0.15, 0.2) is 48.8 Å². The van der Waals surface area contributed by atoms with E-state index < -0.39 is 4.92 Å². The van der Waals surface area contributed by atoms with Gasteiger partial charge in [-0.1, -0.05) is 12.1 Å². The summed E-state index contributed by atoms with van der Waals surface area (Å²) < 4.78 is 0. The number of benzene rings is 1. The zero-order chi connectivity index (χ0) is 14.8. The molecule has 1 aromatic carbocycles. The van der Waals surface area contributed by atoms with Gasteiger partial charge < -0.3 is 4.98 Å². The summed E-state index contributed by atoms with van der Waals surface area (Å²) in [6.07, 6.45) is 3.42. The van der Waals surface area contributed by atoms with Gasteiger partial charge in [-0.05, 0) is 25.1 Å². The van der Waals surface area contributed by atoms with Crippen molar-refractivity contribution >= 4 is 5.69 Å². The molecule has 0 radical (unpaired) electrons. The number of aromatic nitrogens is 3. The third-order valence-corrected chi connectivity index (χ3v) is 3.19. The van der Waals surface area contributed by atoms with Crippen molar-refractivity contribution < 1.29 is 4.92 Å². The van der Waals surface area contributed by atoms with Crippen molar-refractivity contribution in [1.82, 2.24) is 15.0 Å². The van der Waals surface area contributed by atoms with Gasteiger partial charge in [0.2, 0.25) is 0 Å². The van der Waals surface area contributed by atoms with E-state index in [4.69, 9.17) is 0 Å². The summed E-state index contributed by atoms with van der Waals surface area (Å²) in [5.41, 5.74) is 2.99. The van der Waals surface area contributed by atoms with Gasteiger partial charge in [-0.2, -0.15) is 0 Å². The van der Waals surface area contributed by atoms with Crippen molar-refractivity contribution in [3.05, 3.63) is 64.6 Å². The lowest BCUT2D eigenvalue weighted by Gasteiger charge is -1.99. The van der Waals surface area contributed by atoms with Crippen molar-refractivity contribution in [2.24, 2.45) is 0 Å². The Morgan fingerprint density at radius 2 is 2.00 bits per heavy atom. The van der Waals surface area contributed by atoms with E-state index in [9.17, 15) is 10.1 Å². The van der Waals surface area contributed by atoms with Gasteiger partial charge in [0.25, 0.3) is 5.69 Å². The van der Waals surface area contributed by atoms with Crippen LogP contribution in [0.4, 0.5) is 5.69 Å². The van der Waals surface area contributed by atoms with Gasteiger partial charge in [0.15, 0.2) is 0 Å². The Morgan fingerprint density at radius 3 is 2.71 bits per heavy atom. The summed E-state index contributed by atoms with van der Waals surface area (Å²) >= 11 is 0. The number of H-pyrrole nitrogens is 1. The average Bonchev–Trinajstić information content (AvgIpc) is 2.90. The molecule has 0 aliphatic carbocycles. The molecule has 0 amide bonds. The number of hydrogen-bond donors (Lipinski definition) is 1. The number of hydrogen-bond acceptors (Lipinski definition) is 4. The molecule has 6 nitrogen and oxygen atoms in total. The fourth-order valence-electron chi connectivity index (χ4n) is 2.21. The number of nitrogens with zero attached hydrogens (tertiary/aromatic N) is 3. The molecule has 2 heterocycles. The van der Waals surface area contributed by atoms with E-state index in [1.807, 2.05) is 19.1 Å². The number of nitro benzene ring substituents is 1. The van der Waals surface area contributed by atoms with E-state index in [1.54, 1.807) is 30.6 Å². The molecule has 0 saturated carbocycles. The number of nitro groups is 1. The van der Waals surface area contributed by atoms with Gasteiger partial charge in [0.1, 0.15) is 5.82 Å². The normalized spacial score (nSPS) is 10.5. The van der Waals surface area contributed by atoms with Crippen molar-refractivity contribution in [2.45, 2.75) is 6.92 Å². The van der Waals surface area contributed by atoms with Crippen molar-refractivity contribution in [3.8, 4) is 22.6 Å². The van der Waals surface area contributed by atoms with Crippen LogP contribution in [0.25, 0.3) is 22.6 Å². The molecule has 1 N–H and O–H groups in total. The molecule has 21 heavy (non-hydrogen) atoms. The maximum absolute atomic E-state index is 11.1. The number of imidazole rings is 1. The average molecular weight is 280 g/mol. The predicted molar refractivity (Wildman–Crippen MR) is 78.6 cm³/mol. The molecule has 6 heteroatoms. The van der Waals surface area contributed by atoms with Crippen LogP contribution in [0.2, 0.25) is 0 Å². The van der Waals surface area contributed by atoms with Crippen LogP contribution >= 0.6 is 0 Å². The molecule has 0 fully saturated rings. The van der Waals surface area contributed by atoms with Gasteiger partial charge in [-0.15, -0.1) is 0 Å². The number of pyridine rings is 1. The van der Waals surface area contributed by atoms with Crippen LogP contribution in [0, 0.1) is 17.0 Å². The van der Waals surface area contributed by atoms with E-state index in [-0.39, 0.29) is 5.69 Å². The first-order valence-electron chi connectivity index (χ1n) is 6.37. The third-order valence-electron chi connectivity index (χ3n) is 3.19. The van der Waals surface area contributed by atoms with Gasteiger partial charge in [0.05, 0.1) is 21.9 Å². The summed E-state index contributed by atoms with van der Waals surface area (Å²) in [5.74, 6) is 0.485. The van der Waals surface area contributed by atoms with Gasteiger partial charge in [0, 0.05) is 24.0 Å². The SMILES string of the molecule is Cc1nc(-c2ccccc2[N+](=O)[O-])[nH]c1-c1cccnc1. The first-order chi connectivity index (χ1) is 10.2. The van der Waals surface area contributed by atoms with Crippen LogP contribution in [0.5, 0.6) is 0 Å². The number of para-hydroxylation sites is 1. The first kappa shape index (κ1) is 13.0. The van der Waals surface area contributed by atoms with E-state index in [0.29, 0.717) is 11.4 Å². The minimum Gasteiger partial charge on any atom is -0.337 e. The summed E-state index contributed by atoms with van der Waals surface area (Å²) in [5, 5.41) is 11.1. The van der Waals surface area contributed by atoms with Crippen molar-refractivity contribution in [3.63, 3.8) is 0 Å².